The summed E-state index contributed by atoms with van der Waals surface area (Å²) in [5, 5.41) is 4.50. The van der Waals surface area contributed by atoms with Crippen LogP contribution in [-0.4, -0.2) is 127 Å². The molecule has 9 atom stereocenters. The Bertz CT molecular complexity index is 4300. The fraction of sp³-hybridized carbons (Fsp3) is 0.571. The number of aryl methyl sites for hydroxylation is 2. The van der Waals surface area contributed by atoms with Crippen LogP contribution in [0.5, 0.6) is 0 Å². The number of furan rings is 2. The van der Waals surface area contributed by atoms with Crippen molar-refractivity contribution in [2.24, 2.45) is 23.7 Å². The van der Waals surface area contributed by atoms with Crippen LogP contribution in [0.2, 0.25) is 114 Å². The Labute approximate surface area is 767 Å². The summed E-state index contributed by atoms with van der Waals surface area (Å²) >= 11 is 4.14. The van der Waals surface area contributed by atoms with Gasteiger partial charge < -0.3 is 50.8 Å². The Hall–Kier alpha value is -3.96. The SMILES string of the molecule is CC(C)[C@H](C)/C=C\C(O[Si](C)(C)C(C)(C)C)[C@H]1OC(C)(C)O[C@H]1CCI.C[Si](C)(C)[N-][Si](C)(C)C.Cc1cc2occc2c(/C=C/C[C@@H]2OC(C)(C)O[C@@H]2C(C)/C=C\[C@@H](C)[C@H](C)O[Si](c2ccccc2)(c2ccccc2)C(C)(C)C)c1C(=O)OCC[Si](C)(C)C.Cc1cc2occc2c(CSc2ccccc2)c1C(=O)OCC[Si](C)(C)C.[3H]C.[3H]C.[Li+]. The van der Waals surface area contributed by atoms with Gasteiger partial charge in [-0.2, -0.15) is 0 Å². The molecular formula is C98H157ILiNO12SSi6. The molecule has 5 aromatic carbocycles. The summed E-state index contributed by atoms with van der Waals surface area (Å²) in [4.78, 5) is 27.6. The summed E-state index contributed by atoms with van der Waals surface area (Å²) in [5.74, 6) is 0.272. The number of benzene rings is 5. The van der Waals surface area contributed by atoms with Crippen LogP contribution in [0.25, 0.3) is 32.7 Å². The Morgan fingerprint density at radius 2 is 1.02 bits per heavy atom. The number of thioether (sulfide) groups is 1. The first-order valence-electron chi connectivity index (χ1n) is 44.6. The number of ether oxygens (including phenoxy) is 6. The van der Waals surface area contributed by atoms with Gasteiger partial charge in [0.2, 0.25) is 0 Å². The van der Waals surface area contributed by atoms with E-state index in [1.54, 1.807) is 24.3 Å². The summed E-state index contributed by atoms with van der Waals surface area (Å²) in [6.07, 6.45) is 17.8. The van der Waals surface area contributed by atoms with Gasteiger partial charge in [0.15, 0.2) is 19.9 Å². The van der Waals surface area contributed by atoms with E-state index in [1.165, 1.54) is 30.1 Å². The van der Waals surface area contributed by atoms with Gasteiger partial charge in [0.25, 0.3) is 8.32 Å². The first-order valence-corrected chi connectivity index (χ1v) is 64.3. The predicted octanol–water partition coefficient (Wildman–Crippen LogP) is 25.4. The second kappa shape index (κ2) is 47.2. The van der Waals surface area contributed by atoms with Crippen LogP contribution in [0.3, 0.4) is 0 Å². The van der Waals surface area contributed by atoms with Gasteiger partial charge in [0, 0.05) is 56.8 Å². The average Bonchev–Trinajstić information content (AvgIpc) is 1.03. The minimum Gasteiger partial charge on any atom is -0.668 e. The monoisotopic (exact) mass is 1880 g/mol. The van der Waals surface area contributed by atoms with Crippen LogP contribution >= 0.6 is 34.4 Å². The number of carbonyl (C=O) groups is 2. The maximum atomic E-state index is 13.5. The molecule has 22 heteroatoms. The van der Waals surface area contributed by atoms with Crippen molar-refractivity contribution >= 4 is 134 Å². The first kappa shape index (κ1) is 107. The molecule has 0 bridgehead atoms. The Morgan fingerprint density at radius 1 is 0.575 bits per heavy atom. The fourth-order valence-electron chi connectivity index (χ4n) is 14.4. The predicted molar refractivity (Wildman–Crippen MR) is 534 cm³/mol. The Balaban J connectivity index is 0.000000479. The van der Waals surface area contributed by atoms with E-state index in [2.05, 4.69) is 301 Å². The van der Waals surface area contributed by atoms with E-state index >= 15 is 0 Å². The summed E-state index contributed by atoms with van der Waals surface area (Å²) in [6, 6.07) is 41.5. The van der Waals surface area contributed by atoms with Gasteiger partial charge in [-0.1, -0.05) is 324 Å². The summed E-state index contributed by atoms with van der Waals surface area (Å²) in [5.41, 5.74) is 6.37. The maximum Gasteiger partial charge on any atom is 1.00 e. The zero-order chi connectivity index (χ0) is 91.7. The van der Waals surface area contributed by atoms with Gasteiger partial charge >= 0.3 is 30.8 Å². The van der Waals surface area contributed by atoms with Crippen molar-refractivity contribution in [3.8, 4) is 0 Å². The molecule has 0 spiro atoms. The van der Waals surface area contributed by atoms with E-state index in [0.717, 1.165) is 67.1 Å². The van der Waals surface area contributed by atoms with Crippen molar-refractivity contribution in [3.05, 3.63) is 196 Å². The quantitative estimate of drug-likeness (QED) is 0.00984. The van der Waals surface area contributed by atoms with Crippen LogP contribution < -0.4 is 29.2 Å². The third kappa shape index (κ3) is 33.7. The second-order valence-electron chi connectivity index (χ2n) is 40.5. The largest absolute Gasteiger partial charge is 1.00 e. The molecule has 0 N–H and O–H groups in total. The van der Waals surface area contributed by atoms with Crippen molar-refractivity contribution in [2.45, 2.75) is 325 Å². The minimum atomic E-state index is -2.69. The number of hydrogen-bond acceptors (Lipinski definition) is 13. The first-order chi connectivity index (χ1) is 56.1. The third-order valence-electron chi connectivity index (χ3n) is 21.9. The van der Waals surface area contributed by atoms with E-state index < -0.39 is 60.8 Å². The van der Waals surface area contributed by atoms with Gasteiger partial charge in [-0.15, -0.1) is 11.8 Å². The molecule has 4 heterocycles. The summed E-state index contributed by atoms with van der Waals surface area (Å²) in [6.45, 7) is 72.2. The number of carbonyl (C=O) groups excluding carboxylic acids is 2. The number of nitrogens with zero attached hydrogens (tertiary/aromatic N) is 1. The third-order valence-corrected chi connectivity index (χ3v) is 41.9. The minimum absolute atomic E-state index is 0. The number of halogens is 1. The summed E-state index contributed by atoms with van der Waals surface area (Å²) < 4.78 is 80.1. The molecule has 0 aliphatic carbocycles. The molecular weight excluding hydrogens is 1720 g/mol. The molecule has 2 unspecified atom stereocenters. The van der Waals surface area contributed by atoms with Crippen molar-refractivity contribution in [3.63, 3.8) is 0 Å². The molecule has 0 saturated carbocycles. The van der Waals surface area contributed by atoms with Crippen LogP contribution in [0.4, 0.5) is 0 Å². The van der Waals surface area contributed by atoms with Gasteiger partial charge in [-0.3, -0.25) is 0 Å². The molecule has 2 aliphatic rings. The van der Waals surface area contributed by atoms with Gasteiger partial charge in [0.05, 0.1) is 61.3 Å². The van der Waals surface area contributed by atoms with Crippen molar-refractivity contribution in [2.75, 3.05) is 17.6 Å². The number of allylic oxidation sites excluding steroid dienone is 1. The van der Waals surface area contributed by atoms with Crippen LogP contribution in [0.15, 0.2) is 172 Å². The molecule has 7 aromatic rings. The number of fused-ring (bicyclic) bond motifs is 2. The van der Waals surface area contributed by atoms with E-state index in [9.17, 15) is 9.59 Å². The Kier molecular flexibility index (Phi) is 41.9. The molecule has 0 amide bonds. The topological polar surface area (TPSA) is 148 Å². The number of hydrogen-bond donors (Lipinski definition) is 0. The van der Waals surface area contributed by atoms with Crippen LogP contribution in [0.1, 0.15) is 184 Å². The molecule has 120 heavy (non-hydrogen) atoms. The average molecular weight is 1880 g/mol. The maximum absolute atomic E-state index is 13.5. The second-order valence-corrected chi connectivity index (χ2v) is 72.4. The number of alkyl halides is 1. The van der Waals surface area contributed by atoms with E-state index in [1.807, 2.05) is 90.1 Å². The normalized spacial score (nSPS) is 18.6. The van der Waals surface area contributed by atoms with E-state index in [-0.39, 0.29) is 89.3 Å². The molecule has 2 aliphatic heterocycles. The Morgan fingerprint density at radius 3 is 1.48 bits per heavy atom. The van der Waals surface area contributed by atoms with Gasteiger partial charge in [-0.05, 0) is 183 Å². The molecule has 664 valence electrons. The number of esters is 2. The molecule has 9 rings (SSSR count). The van der Waals surface area contributed by atoms with Crippen molar-refractivity contribution in [1.29, 1.82) is 0 Å². The molecule has 13 nitrogen and oxygen atoms in total. The molecule has 2 saturated heterocycles. The van der Waals surface area contributed by atoms with Crippen LogP contribution in [-0.2, 0) is 43.0 Å². The summed E-state index contributed by atoms with van der Waals surface area (Å²) in [7, 11) is -6.92. The van der Waals surface area contributed by atoms with Crippen LogP contribution in [0, 0.1) is 37.5 Å². The van der Waals surface area contributed by atoms with Crippen molar-refractivity contribution < 1.29 is 77.3 Å². The molecule has 2 aromatic heterocycles. The fourth-order valence-corrected chi connectivity index (χ4v) is 31.5. The van der Waals surface area contributed by atoms with E-state index in [0.29, 0.717) is 48.4 Å². The van der Waals surface area contributed by atoms with Crippen molar-refractivity contribution in [1.82, 2.24) is 0 Å². The van der Waals surface area contributed by atoms with E-state index in [4.69, 9.17) is 53.5 Å². The zero-order valence-electron chi connectivity index (χ0n) is 82.7. The molecule has 2 fully saturated rings. The number of rotatable bonds is 32. The smallest absolute Gasteiger partial charge is 0.668 e. The standard InChI is InChI=1S/C47H64O6Si2.C22H26O3SSi.C21H41IO3Si.C6H18NSi2.2CH4.Li/c1-33(36(4)53-55(46(5,6)7,37-20-15-13-16-21-37)38-22-17-14-18-23-38)26-27-34(2)44-41(51-47(8,9)52-44)25-19-24-40-39-28-29-49-42(39)32-35(3)43(40)45(48)50-30-31-54(10,11)12;1-16-14-20-18(10-11-24-20)19(15-26-17-8-6-5-7-9-17)21(16)22(23)25-12-13-27(2,3)4;1-15(2)16(3)11-12-18(25-26(9,10)20(4,5)6)19-17(13-14-22)23-21(7,8)24-19;1-8(2,3)7-9(4,5)6;;;/h13-24,26-29,32-34,36,41,44H,25,30-31H2,1-12H3;5-11,14H,12-13,15H2,1-4H3;11-12,15-19H,13-14H2,1-10H3;1-6H3;2*1H4;/q;;;-1;;;+1/b24-19+,27-26-;;12-11-;;;;/t33-,34?,36+,41+,44-;;16-,17+,18?,19+;;;;/m1.1..../s1/i;;;;2*1T;. The van der Waals surface area contributed by atoms with Gasteiger partial charge in [-0.25, -0.2) is 9.59 Å². The van der Waals surface area contributed by atoms with Gasteiger partial charge in [0.1, 0.15) is 17.3 Å². The zero-order valence-corrected chi connectivity index (χ0v) is 89.6. The molecule has 0 radical (unpaired) electrons.